The summed E-state index contributed by atoms with van der Waals surface area (Å²) in [5.74, 6) is 0. The minimum absolute atomic E-state index is 0.564. The van der Waals surface area contributed by atoms with Gasteiger partial charge in [0, 0.05) is 12.4 Å². The van der Waals surface area contributed by atoms with Crippen molar-refractivity contribution in [1.82, 2.24) is 9.97 Å². The molecule has 4 heteroatoms. The predicted molar refractivity (Wildman–Crippen MR) is 72.8 cm³/mol. The molecule has 90 valence electrons. The smallest absolute Gasteiger partial charge is 0.0858 e. The summed E-state index contributed by atoms with van der Waals surface area (Å²) in [4.78, 5) is 8.30. The third-order valence-electron chi connectivity index (χ3n) is 2.36. The minimum atomic E-state index is 0.564. The van der Waals surface area contributed by atoms with Gasteiger partial charge >= 0.3 is 0 Å². The van der Waals surface area contributed by atoms with Gasteiger partial charge in [0.15, 0.2) is 0 Å². The summed E-state index contributed by atoms with van der Waals surface area (Å²) in [6.07, 6.45) is 6.85. The number of rotatable bonds is 3. The maximum Gasteiger partial charge on any atom is 0.0858 e. The molecule has 0 bridgehead atoms. The Morgan fingerprint density at radius 1 is 0.778 bits per heavy atom. The number of nitrogens with two attached hydrogens (primary N) is 2. The highest BCUT2D eigenvalue weighted by Gasteiger charge is 1.97. The molecule has 0 fully saturated rings. The Balaban J connectivity index is 2.20. The van der Waals surface area contributed by atoms with Crippen LogP contribution in [0.3, 0.4) is 0 Å². The SMILES string of the molecule is N/C(=C\C=C(/N)c1ccccn1)c1ccccn1. The Morgan fingerprint density at radius 3 is 1.56 bits per heavy atom. The van der Waals surface area contributed by atoms with Crippen molar-refractivity contribution in [2.75, 3.05) is 0 Å². The van der Waals surface area contributed by atoms with Gasteiger partial charge in [-0.3, -0.25) is 9.97 Å². The maximum absolute atomic E-state index is 5.90. The van der Waals surface area contributed by atoms with Crippen molar-refractivity contribution in [3.8, 4) is 0 Å². The van der Waals surface area contributed by atoms with Crippen molar-refractivity contribution in [2.24, 2.45) is 11.5 Å². The van der Waals surface area contributed by atoms with Crippen LogP contribution in [-0.2, 0) is 0 Å². The third kappa shape index (κ3) is 2.95. The van der Waals surface area contributed by atoms with E-state index in [1.165, 1.54) is 0 Å². The van der Waals surface area contributed by atoms with Gasteiger partial charge in [-0.05, 0) is 36.4 Å². The van der Waals surface area contributed by atoms with Crippen molar-refractivity contribution in [2.45, 2.75) is 0 Å². The summed E-state index contributed by atoms with van der Waals surface area (Å²) in [7, 11) is 0. The van der Waals surface area contributed by atoms with Crippen LogP contribution in [0.5, 0.6) is 0 Å². The van der Waals surface area contributed by atoms with E-state index >= 15 is 0 Å². The van der Waals surface area contributed by atoms with E-state index in [0.29, 0.717) is 11.4 Å². The molecule has 4 N–H and O–H groups in total. The van der Waals surface area contributed by atoms with Crippen LogP contribution in [0, 0.1) is 0 Å². The van der Waals surface area contributed by atoms with Crippen LogP contribution < -0.4 is 11.5 Å². The van der Waals surface area contributed by atoms with Gasteiger partial charge in [-0.25, -0.2) is 0 Å². The first-order valence-corrected chi connectivity index (χ1v) is 5.53. The molecule has 0 aliphatic rings. The standard InChI is InChI=1S/C14H14N4/c15-11(13-5-1-3-9-17-13)7-8-12(16)14-6-2-4-10-18-14/h1-10H,15-16H2/b11-7-,12-8-. The first-order valence-electron chi connectivity index (χ1n) is 5.53. The van der Waals surface area contributed by atoms with Crippen LogP contribution in [-0.4, -0.2) is 9.97 Å². The minimum Gasteiger partial charge on any atom is -0.397 e. The van der Waals surface area contributed by atoms with Crippen LogP contribution in [0.15, 0.2) is 60.9 Å². The molecule has 0 aliphatic heterocycles. The molecule has 0 saturated carbocycles. The maximum atomic E-state index is 5.90. The first-order chi connectivity index (χ1) is 8.77. The summed E-state index contributed by atoms with van der Waals surface area (Å²) in [5.41, 5.74) is 14.4. The molecule has 0 aromatic carbocycles. The zero-order valence-corrected chi connectivity index (χ0v) is 9.82. The molecular formula is C14H14N4. The molecule has 2 rings (SSSR count). The van der Waals surface area contributed by atoms with E-state index in [1.54, 1.807) is 24.5 Å². The van der Waals surface area contributed by atoms with Gasteiger partial charge in [-0.1, -0.05) is 12.1 Å². The van der Waals surface area contributed by atoms with Gasteiger partial charge in [0.1, 0.15) is 0 Å². The highest BCUT2D eigenvalue weighted by Crippen LogP contribution is 2.08. The molecule has 0 amide bonds. The molecule has 4 nitrogen and oxygen atoms in total. The zero-order chi connectivity index (χ0) is 12.8. The summed E-state index contributed by atoms with van der Waals surface area (Å²) < 4.78 is 0. The molecule has 0 aliphatic carbocycles. The normalized spacial score (nSPS) is 12.4. The summed E-state index contributed by atoms with van der Waals surface area (Å²) >= 11 is 0. The quantitative estimate of drug-likeness (QED) is 0.799. The van der Waals surface area contributed by atoms with E-state index in [1.807, 2.05) is 36.4 Å². The lowest BCUT2D eigenvalue weighted by Gasteiger charge is -2.00. The lowest BCUT2D eigenvalue weighted by molar-refractivity contribution is 1.25. The highest BCUT2D eigenvalue weighted by molar-refractivity contribution is 5.67. The first kappa shape index (κ1) is 11.9. The van der Waals surface area contributed by atoms with E-state index in [4.69, 9.17) is 11.5 Å². The van der Waals surface area contributed by atoms with Gasteiger partial charge in [0.2, 0.25) is 0 Å². The second-order valence-electron chi connectivity index (χ2n) is 3.67. The largest absolute Gasteiger partial charge is 0.397 e. The Labute approximate surface area is 106 Å². The van der Waals surface area contributed by atoms with Crippen LogP contribution in [0.2, 0.25) is 0 Å². The fourth-order valence-corrected chi connectivity index (χ4v) is 1.42. The van der Waals surface area contributed by atoms with E-state index in [-0.39, 0.29) is 0 Å². The van der Waals surface area contributed by atoms with Crippen LogP contribution in [0.4, 0.5) is 0 Å². The van der Waals surface area contributed by atoms with Crippen molar-refractivity contribution in [3.63, 3.8) is 0 Å². The molecule has 2 heterocycles. The van der Waals surface area contributed by atoms with Crippen molar-refractivity contribution in [3.05, 3.63) is 72.3 Å². The van der Waals surface area contributed by atoms with Gasteiger partial charge in [-0.15, -0.1) is 0 Å². The third-order valence-corrected chi connectivity index (χ3v) is 2.36. The average molecular weight is 238 g/mol. The van der Waals surface area contributed by atoms with Gasteiger partial charge in [0.25, 0.3) is 0 Å². The molecule has 2 aromatic rings. The number of nitrogens with zero attached hydrogens (tertiary/aromatic N) is 2. The molecule has 0 atom stereocenters. The van der Waals surface area contributed by atoms with Crippen LogP contribution in [0.25, 0.3) is 11.4 Å². The molecule has 0 spiro atoms. The Hall–Kier alpha value is -2.62. The molecular weight excluding hydrogens is 224 g/mol. The number of aromatic nitrogens is 2. The Bertz CT molecular complexity index is 505. The number of allylic oxidation sites excluding steroid dienone is 2. The summed E-state index contributed by atoms with van der Waals surface area (Å²) in [6, 6.07) is 11.1. The van der Waals surface area contributed by atoms with Gasteiger partial charge in [-0.2, -0.15) is 0 Å². The van der Waals surface area contributed by atoms with Crippen molar-refractivity contribution >= 4 is 11.4 Å². The lowest BCUT2D eigenvalue weighted by Crippen LogP contribution is -2.00. The molecule has 0 saturated heterocycles. The van der Waals surface area contributed by atoms with E-state index in [0.717, 1.165) is 11.4 Å². The van der Waals surface area contributed by atoms with Crippen LogP contribution >= 0.6 is 0 Å². The second-order valence-corrected chi connectivity index (χ2v) is 3.67. The summed E-state index contributed by atoms with van der Waals surface area (Å²) in [5, 5.41) is 0. The summed E-state index contributed by atoms with van der Waals surface area (Å²) in [6.45, 7) is 0. The topological polar surface area (TPSA) is 77.8 Å². The number of hydrogen-bond acceptors (Lipinski definition) is 4. The second kappa shape index (κ2) is 5.63. The average Bonchev–Trinajstić information content (AvgIpc) is 2.46. The Kier molecular flexibility index (Phi) is 3.71. The zero-order valence-electron chi connectivity index (χ0n) is 9.82. The highest BCUT2D eigenvalue weighted by atomic mass is 14.7. The van der Waals surface area contributed by atoms with Gasteiger partial charge in [0.05, 0.1) is 22.8 Å². The molecule has 2 aromatic heterocycles. The van der Waals surface area contributed by atoms with Crippen molar-refractivity contribution < 1.29 is 0 Å². The van der Waals surface area contributed by atoms with Crippen LogP contribution in [0.1, 0.15) is 11.4 Å². The predicted octanol–water partition coefficient (Wildman–Crippen LogP) is 1.78. The Morgan fingerprint density at radius 2 is 1.22 bits per heavy atom. The van der Waals surface area contributed by atoms with Gasteiger partial charge < -0.3 is 11.5 Å². The molecule has 0 unspecified atom stereocenters. The molecule has 18 heavy (non-hydrogen) atoms. The van der Waals surface area contributed by atoms with E-state index < -0.39 is 0 Å². The van der Waals surface area contributed by atoms with E-state index in [2.05, 4.69) is 9.97 Å². The monoisotopic (exact) mass is 238 g/mol. The van der Waals surface area contributed by atoms with Crippen molar-refractivity contribution in [1.29, 1.82) is 0 Å². The fraction of sp³-hybridized carbons (Fsp3) is 0. The fourth-order valence-electron chi connectivity index (χ4n) is 1.42. The van der Waals surface area contributed by atoms with E-state index in [9.17, 15) is 0 Å². The number of hydrogen-bond donors (Lipinski definition) is 2. The lowest BCUT2D eigenvalue weighted by atomic mass is 10.2. The number of pyridine rings is 2. The molecule has 0 radical (unpaired) electrons.